The fourth-order valence-electron chi connectivity index (χ4n) is 2.52. The van der Waals surface area contributed by atoms with Gasteiger partial charge in [-0.15, -0.1) is 0 Å². The van der Waals surface area contributed by atoms with Gasteiger partial charge in [0.05, 0.1) is 24.8 Å². The van der Waals surface area contributed by atoms with Crippen molar-refractivity contribution >= 4 is 34.2 Å². The SMILES string of the molecule is CC1(C(=O)O)COCC1Nc1ccnc2cc(Cl)ccc12. The molecule has 5 nitrogen and oxygen atoms in total. The molecule has 1 aromatic heterocycles. The second-order valence-corrected chi connectivity index (χ2v) is 5.89. The molecule has 1 fully saturated rings. The van der Waals surface area contributed by atoms with Crippen LogP contribution in [0.5, 0.6) is 0 Å². The van der Waals surface area contributed by atoms with Crippen molar-refractivity contribution in [1.82, 2.24) is 4.98 Å². The van der Waals surface area contributed by atoms with Crippen LogP contribution in [0.25, 0.3) is 10.9 Å². The van der Waals surface area contributed by atoms with Crippen molar-refractivity contribution in [1.29, 1.82) is 0 Å². The maximum Gasteiger partial charge on any atom is 0.313 e. The molecule has 0 spiro atoms. The van der Waals surface area contributed by atoms with Gasteiger partial charge >= 0.3 is 5.97 Å². The van der Waals surface area contributed by atoms with E-state index in [9.17, 15) is 9.90 Å². The highest BCUT2D eigenvalue weighted by atomic mass is 35.5. The highest BCUT2D eigenvalue weighted by Gasteiger charge is 2.46. The van der Waals surface area contributed by atoms with E-state index in [0.29, 0.717) is 11.6 Å². The van der Waals surface area contributed by atoms with E-state index in [1.807, 2.05) is 12.1 Å². The van der Waals surface area contributed by atoms with Gasteiger partial charge in [-0.25, -0.2) is 0 Å². The maximum atomic E-state index is 11.5. The largest absolute Gasteiger partial charge is 0.481 e. The molecule has 1 saturated heterocycles. The zero-order valence-electron chi connectivity index (χ0n) is 11.5. The summed E-state index contributed by atoms with van der Waals surface area (Å²) in [6.45, 7) is 2.26. The summed E-state index contributed by atoms with van der Waals surface area (Å²) >= 11 is 5.97. The lowest BCUT2D eigenvalue weighted by Gasteiger charge is -2.26. The van der Waals surface area contributed by atoms with Crippen molar-refractivity contribution < 1.29 is 14.6 Å². The van der Waals surface area contributed by atoms with E-state index in [4.69, 9.17) is 16.3 Å². The number of pyridine rings is 1. The van der Waals surface area contributed by atoms with Crippen molar-refractivity contribution in [3.63, 3.8) is 0 Å². The predicted molar refractivity (Wildman–Crippen MR) is 80.7 cm³/mol. The summed E-state index contributed by atoms with van der Waals surface area (Å²) in [5, 5.41) is 14.2. The molecule has 0 aliphatic carbocycles. The Kier molecular flexibility index (Phi) is 3.47. The molecule has 2 atom stereocenters. The quantitative estimate of drug-likeness (QED) is 0.912. The summed E-state index contributed by atoms with van der Waals surface area (Å²) in [6, 6.07) is 6.98. The Morgan fingerprint density at radius 3 is 3.10 bits per heavy atom. The first-order valence-corrected chi connectivity index (χ1v) is 7.00. The minimum Gasteiger partial charge on any atom is -0.481 e. The molecule has 0 radical (unpaired) electrons. The Hall–Kier alpha value is -1.85. The number of fused-ring (bicyclic) bond motifs is 1. The molecule has 6 heteroatoms. The molecular formula is C15H15ClN2O3. The third-order valence-electron chi connectivity index (χ3n) is 3.98. The molecule has 1 aliphatic rings. The summed E-state index contributed by atoms with van der Waals surface area (Å²) in [6.07, 6.45) is 1.68. The maximum absolute atomic E-state index is 11.5. The van der Waals surface area contributed by atoms with Crippen molar-refractivity contribution in [2.75, 3.05) is 18.5 Å². The van der Waals surface area contributed by atoms with E-state index in [1.54, 1.807) is 25.3 Å². The van der Waals surface area contributed by atoms with Gasteiger partial charge in [-0.3, -0.25) is 9.78 Å². The van der Waals surface area contributed by atoms with Gasteiger partial charge in [0.25, 0.3) is 0 Å². The number of hydrogen-bond acceptors (Lipinski definition) is 4. The van der Waals surface area contributed by atoms with Crippen LogP contribution in [-0.2, 0) is 9.53 Å². The zero-order chi connectivity index (χ0) is 15.0. The molecule has 110 valence electrons. The Morgan fingerprint density at radius 1 is 1.52 bits per heavy atom. The number of nitrogens with one attached hydrogen (secondary N) is 1. The number of benzene rings is 1. The fourth-order valence-corrected chi connectivity index (χ4v) is 2.69. The van der Waals surface area contributed by atoms with Crippen LogP contribution in [-0.4, -0.2) is 35.3 Å². The number of anilines is 1. The highest BCUT2D eigenvalue weighted by molar-refractivity contribution is 6.31. The molecule has 0 amide bonds. The van der Waals surface area contributed by atoms with E-state index in [2.05, 4.69) is 10.3 Å². The van der Waals surface area contributed by atoms with Crippen LogP contribution >= 0.6 is 11.6 Å². The normalized spacial score (nSPS) is 25.1. The molecule has 0 bridgehead atoms. The standard InChI is InChI=1S/C15H15ClN2O3/c1-15(14(19)20)8-21-7-13(15)18-11-4-5-17-12-6-9(16)2-3-10(11)12/h2-6,13H,7-8H2,1H3,(H,17,18)(H,19,20). The number of nitrogens with zero attached hydrogens (tertiary/aromatic N) is 1. The molecular weight excluding hydrogens is 292 g/mol. The molecule has 0 saturated carbocycles. The zero-order valence-corrected chi connectivity index (χ0v) is 12.2. The minimum atomic E-state index is -0.942. The summed E-state index contributed by atoms with van der Waals surface area (Å²) in [5.41, 5.74) is 0.658. The van der Waals surface area contributed by atoms with Crippen molar-refractivity contribution in [2.24, 2.45) is 5.41 Å². The van der Waals surface area contributed by atoms with Gasteiger partial charge in [0.2, 0.25) is 0 Å². The Bertz CT molecular complexity index is 706. The molecule has 1 aromatic carbocycles. The van der Waals surface area contributed by atoms with Gasteiger partial charge in [-0.1, -0.05) is 11.6 Å². The van der Waals surface area contributed by atoms with Crippen LogP contribution in [0, 0.1) is 5.41 Å². The summed E-state index contributed by atoms with van der Waals surface area (Å²) in [5.74, 6) is -0.862. The van der Waals surface area contributed by atoms with Crippen LogP contribution < -0.4 is 5.32 Å². The number of carboxylic acid groups (broad SMARTS) is 1. The molecule has 2 heterocycles. The lowest BCUT2D eigenvalue weighted by molar-refractivity contribution is -0.148. The first kappa shape index (κ1) is 14.1. The monoisotopic (exact) mass is 306 g/mol. The second kappa shape index (κ2) is 5.16. The van der Waals surface area contributed by atoms with E-state index in [1.165, 1.54) is 0 Å². The smallest absolute Gasteiger partial charge is 0.313 e. The van der Waals surface area contributed by atoms with Crippen molar-refractivity contribution in [3.8, 4) is 0 Å². The minimum absolute atomic E-state index is 0.203. The summed E-state index contributed by atoms with van der Waals surface area (Å²) in [7, 11) is 0. The molecule has 1 aliphatic heterocycles. The third kappa shape index (κ3) is 2.43. The van der Waals surface area contributed by atoms with E-state index < -0.39 is 11.4 Å². The van der Waals surface area contributed by atoms with Gasteiger partial charge in [0.15, 0.2) is 0 Å². The van der Waals surface area contributed by atoms with Gasteiger partial charge < -0.3 is 15.2 Å². The van der Waals surface area contributed by atoms with Crippen LogP contribution in [0.15, 0.2) is 30.5 Å². The molecule has 2 aromatic rings. The van der Waals surface area contributed by atoms with Gasteiger partial charge in [-0.05, 0) is 31.2 Å². The van der Waals surface area contributed by atoms with Crippen LogP contribution in [0.4, 0.5) is 5.69 Å². The first-order valence-electron chi connectivity index (χ1n) is 6.63. The number of carbonyl (C=O) groups is 1. The average molecular weight is 307 g/mol. The van der Waals surface area contributed by atoms with Gasteiger partial charge in [-0.2, -0.15) is 0 Å². The number of carboxylic acids is 1. The summed E-state index contributed by atoms with van der Waals surface area (Å²) in [4.78, 5) is 15.8. The van der Waals surface area contributed by atoms with E-state index >= 15 is 0 Å². The number of halogens is 1. The summed E-state index contributed by atoms with van der Waals surface area (Å²) < 4.78 is 5.36. The Labute approximate surface area is 126 Å². The van der Waals surface area contributed by atoms with Crippen molar-refractivity contribution in [2.45, 2.75) is 13.0 Å². The van der Waals surface area contributed by atoms with Crippen molar-refractivity contribution in [3.05, 3.63) is 35.5 Å². The van der Waals surface area contributed by atoms with E-state index in [-0.39, 0.29) is 12.6 Å². The Balaban J connectivity index is 1.97. The number of aliphatic carboxylic acids is 1. The number of ether oxygens (including phenoxy) is 1. The molecule has 21 heavy (non-hydrogen) atoms. The number of hydrogen-bond donors (Lipinski definition) is 2. The number of aromatic nitrogens is 1. The average Bonchev–Trinajstić information content (AvgIpc) is 2.81. The topological polar surface area (TPSA) is 71.5 Å². The third-order valence-corrected chi connectivity index (χ3v) is 4.21. The second-order valence-electron chi connectivity index (χ2n) is 5.45. The van der Waals surface area contributed by atoms with Crippen LogP contribution in [0.2, 0.25) is 5.02 Å². The lowest BCUT2D eigenvalue weighted by Crippen LogP contribution is -2.43. The highest BCUT2D eigenvalue weighted by Crippen LogP contribution is 2.33. The predicted octanol–water partition coefficient (Wildman–Crippen LogP) is 2.79. The van der Waals surface area contributed by atoms with Gasteiger partial charge in [0.1, 0.15) is 5.41 Å². The van der Waals surface area contributed by atoms with Crippen LogP contribution in [0.1, 0.15) is 6.92 Å². The van der Waals surface area contributed by atoms with Gasteiger partial charge in [0, 0.05) is 22.3 Å². The van der Waals surface area contributed by atoms with E-state index in [0.717, 1.165) is 16.6 Å². The fraction of sp³-hybridized carbons (Fsp3) is 0.333. The molecule has 2 unspecified atom stereocenters. The van der Waals surface area contributed by atoms with Crippen LogP contribution in [0.3, 0.4) is 0 Å². The Morgan fingerprint density at radius 2 is 2.33 bits per heavy atom. The lowest BCUT2D eigenvalue weighted by atomic mass is 9.85. The first-order chi connectivity index (χ1) is 10.0. The molecule has 2 N–H and O–H groups in total. The number of rotatable bonds is 3. The molecule has 3 rings (SSSR count).